The Balaban J connectivity index is 1.93. The van der Waals surface area contributed by atoms with Crippen LogP contribution in [0.25, 0.3) is 0 Å². The molecule has 3 aromatic rings. The number of rotatable bonds is 4. The van der Waals surface area contributed by atoms with E-state index in [0.29, 0.717) is 22.9 Å². The third-order valence-corrected chi connectivity index (χ3v) is 4.29. The zero-order chi connectivity index (χ0) is 18.7. The number of hydrogen-bond acceptors (Lipinski definition) is 3. The number of amides is 1. The first kappa shape index (κ1) is 18.1. The standard InChI is InChI=1S/C20H21ClN4O/c1-20(2,3)17-11-18(23-19(26)15-8-4-5-9-16(15)21)25(24-17)13-14-7-6-10-22-12-14/h4-12H,13H2,1-3H3,(H,23,26). The number of nitrogens with one attached hydrogen (secondary N) is 1. The Kier molecular flexibility index (Phi) is 5.09. The summed E-state index contributed by atoms with van der Waals surface area (Å²) in [5, 5.41) is 8.04. The van der Waals surface area contributed by atoms with Gasteiger partial charge in [-0.25, -0.2) is 4.68 Å². The van der Waals surface area contributed by atoms with Crippen LogP contribution in [0.15, 0.2) is 54.9 Å². The van der Waals surface area contributed by atoms with Crippen molar-refractivity contribution in [2.24, 2.45) is 0 Å². The smallest absolute Gasteiger partial charge is 0.258 e. The van der Waals surface area contributed by atoms with Crippen molar-refractivity contribution >= 4 is 23.3 Å². The Hall–Kier alpha value is -2.66. The van der Waals surface area contributed by atoms with Gasteiger partial charge in [0.15, 0.2) is 0 Å². The molecule has 2 aromatic heterocycles. The summed E-state index contributed by atoms with van der Waals surface area (Å²) < 4.78 is 1.78. The third-order valence-electron chi connectivity index (χ3n) is 3.96. The van der Waals surface area contributed by atoms with Crippen molar-refractivity contribution < 1.29 is 4.79 Å². The number of carbonyl (C=O) groups is 1. The Morgan fingerprint density at radius 3 is 2.62 bits per heavy atom. The molecule has 3 rings (SSSR count). The molecule has 2 heterocycles. The highest BCUT2D eigenvalue weighted by molar-refractivity contribution is 6.34. The van der Waals surface area contributed by atoms with Crippen molar-refractivity contribution in [3.8, 4) is 0 Å². The second-order valence-electron chi connectivity index (χ2n) is 7.12. The number of carbonyl (C=O) groups excluding carboxylic acids is 1. The lowest BCUT2D eigenvalue weighted by atomic mass is 9.92. The maximum Gasteiger partial charge on any atom is 0.258 e. The van der Waals surface area contributed by atoms with E-state index >= 15 is 0 Å². The van der Waals surface area contributed by atoms with Crippen molar-refractivity contribution in [2.45, 2.75) is 32.7 Å². The first-order valence-electron chi connectivity index (χ1n) is 8.38. The van der Waals surface area contributed by atoms with Gasteiger partial charge in [-0.05, 0) is 23.8 Å². The molecule has 0 spiro atoms. The second kappa shape index (κ2) is 7.30. The summed E-state index contributed by atoms with van der Waals surface area (Å²) in [7, 11) is 0. The van der Waals surface area contributed by atoms with Gasteiger partial charge in [0.05, 0.1) is 22.8 Å². The van der Waals surface area contributed by atoms with E-state index in [9.17, 15) is 4.79 Å². The van der Waals surface area contributed by atoms with Gasteiger partial charge in [-0.2, -0.15) is 5.10 Å². The average Bonchev–Trinajstić information content (AvgIpc) is 2.99. The number of benzene rings is 1. The third kappa shape index (κ3) is 4.11. The van der Waals surface area contributed by atoms with E-state index in [4.69, 9.17) is 11.6 Å². The molecule has 0 atom stereocenters. The summed E-state index contributed by atoms with van der Waals surface area (Å²) in [5.74, 6) is 0.368. The van der Waals surface area contributed by atoms with E-state index in [0.717, 1.165) is 11.3 Å². The molecule has 1 amide bonds. The van der Waals surface area contributed by atoms with E-state index in [1.165, 1.54) is 0 Å². The summed E-state index contributed by atoms with van der Waals surface area (Å²) in [6, 6.07) is 12.7. The zero-order valence-corrected chi connectivity index (χ0v) is 15.8. The fraction of sp³-hybridized carbons (Fsp3) is 0.250. The zero-order valence-electron chi connectivity index (χ0n) is 15.0. The van der Waals surface area contributed by atoms with Crippen LogP contribution in [0.2, 0.25) is 5.02 Å². The first-order valence-corrected chi connectivity index (χ1v) is 8.75. The fourth-order valence-corrected chi connectivity index (χ4v) is 2.72. The number of hydrogen-bond donors (Lipinski definition) is 1. The molecule has 1 N–H and O–H groups in total. The molecule has 134 valence electrons. The molecule has 0 saturated carbocycles. The molecule has 0 saturated heterocycles. The second-order valence-corrected chi connectivity index (χ2v) is 7.52. The minimum atomic E-state index is -0.261. The Morgan fingerprint density at radius 1 is 1.19 bits per heavy atom. The number of aromatic nitrogens is 3. The fourth-order valence-electron chi connectivity index (χ4n) is 2.50. The summed E-state index contributed by atoms with van der Waals surface area (Å²) in [4.78, 5) is 16.8. The molecule has 0 radical (unpaired) electrons. The van der Waals surface area contributed by atoms with Crippen LogP contribution in [0, 0.1) is 0 Å². The lowest BCUT2D eigenvalue weighted by molar-refractivity contribution is 0.102. The van der Waals surface area contributed by atoms with E-state index in [1.54, 1.807) is 41.3 Å². The van der Waals surface area contributed by atoms with Gasteiger partial charge in [0.25, 0.3) is 5.91 Å². The largest absolute Gasteiger partial charge is 0.307 e. The van der Waals surface area contributed by atoms with E-state index in [2.05, 4.69) is 36.2 Å². The summed E-state index contributed by atoms with van der Waals surface area (Å²) in [5.41, 5.74) is 2.20. The van der Waals surface area contributed by atoms with Crippen molar-refractivity contribution in [1.82, 2.24) is 14.8 Å². The highest BCUT2D eigenvalue weighted by atomic mass is 35.5. The molecule has 6 heteroatoms. The van der Waals surface area contributed by atoms with Gasteiger partial charge in [-0.15, -0.1) is 0 Å². The van der Waals surface area contributed by atoms with Crippen LogP contribution >= 0.6 is 11.6 Å². The Morgan fingerprint density at radius 2 is 1.96 bits per heavy atom. The van der Waals surface area contributed by atoms with E-state index in [-0.39, 0.29) is 11.3 Å². The lowest BCUT2D eigenvalue weighted by Crippen LogP contribution is -2.16. The number of anilines is 1. The van der Waals surface area contributed by atoms with Gasteiger partial charge >= 0.3 is 0 Å². The Labute approximate surface area is 158 Å². The minimum absolute atomic E-state index is 0.135. The summed E-state index contributed by atoms with van der Waals surface area (Å²) in [6.07, 6.45) is 3.52. The first-order chi connectivity index (χ1) is 12.3. The van der Waals surface area contributed by atoms with Gasteiger partial charge < -0.3 is 5.32 Å². The van der Waals surface area contributed by atoms with Crippen LogP contribution in [-0.4, -0.2) is 20.7 Å². The molecular weight excluding hydrogens is 348 g/mol. The SMILES string of the molecule is CC(C)(C)c1cc(NC(=O)c2ccccc2Cl)n(Cc2cccnc2)n1. The summed E-state index contributed by atoms with van der Waals surface area (Å²) >= 11 is 6.14. The maximum absolute atomic E-state index is 12.6. The van der Waals surface area contributed by atoms with Crippen LogP contribution in [-0.2, 0) is 12.0 Å². The summed E-state index contributed by atoms with van der Waals surface area (Å²) in [6.45, 7) is 6.78. The van der Waals surface area contributed by atoms with Crippen LogP contribution in [0.1, 0.15) is 42.4 Å². The number of pyridine rings is 1. The average molecular weight is 369 g/mol. The highest BCUT2D eigenvalue weighted by Gasteiger charge is 2.21. The van der Waals surface area contributed by atoms with Crippen LogP contribution in [0.4, 0.5) is 5.82 Å². The number of nitrogens with zero attached hydrogens (tertiary/aromatic N) is 3. The lowest BCUT2D eigenvalue weighted by Gasteiger charge is -2.14. The molecule has 5 nitrogen and oxygen atoms in total. The number of halogens is 1. The van der Waals surface area contributed by atoms with Gasteiger partial charge in [-0.1, -0.05) is 50.6 Å². The molecule has 0 unspecified atom stereocenters. The monoisotopic (exact) mass is 368 g/mol. The topological polar surface area (TPSA) is 59.8 Å². The molecule has 0 aliphatic heterocycles. The molecule has 0 fully saturated rings. The van der Waals surface area contributed by atoms with Crippen LogP contribution in [0.5, 0.6) is 0 Å². The van der Waals surface area contributed by atoms with Crippen molar-refractivity contribution in [3.63, 3.8) is 0 Å². The molecular formula is C20H21ClN4O. The van der Waals surface area contributed by atoms with Gasteiger partial charge in [0, 0.05) is 23.9 Å². The molecule has 26 heavy (non-hydrogen) atoms. The minimum Gasteiger partial charge on any atom is -0.307 e. The van der Waals surface area contributed by atoms with E-state index < -0.39 is 0 Å². The van der Waals surface area contributed by atoms with Crippen LogP contribution in [0.3, 0.4) is 0 Å². The molecule has 1 aromatic carbocycles. The van der Waals surface area contributed by atoms with Crippen LogP contribution < -0.4 is 5.32 Å². The quantitative estimate of drug-likeness (QED) is 0.736. The van der Waals surface area contributed by atoms with Crippen molar-refractivity contribution in [3.05, 3.63) is 76.7 Å². The highest BCUT2D eigenvalue weighted by Crippen LogP contribution is 2.25. The van der Waals surface area contributed by atoms with Gasteiger partial charge in [0.1, 0.15) is 5.82 Å². The molecule has 0 aliphatic rings. The van der Waals surface area contributed by atoms with Gasteiger partial charge in [-0.3, -0.25) is 9.78 Å². The normalized spacial score (nSPS) is 11.4. The molecule has 0 bridgehead atoms. The Bertz CT molecular complexity index is 913. The van der Waals surface area contributed by atoms with Crippen molar-refractivity contribution in [1.29, 1.82) is 0 Å². The predicted molar refractivity (Wildman–Crippen MR) is 104 cm³/mol. The van der Waals surface area contributed by atoms with E-state index in [1.807, 2.05) is 18.2 Å². The predicted octanol–water partition coefficient (Wildman–Crippen LogP) is 4.53. The van der Waals surface area contributed by atoms with Gasteiger partial charge in [0.2, 0.25) is 0 Å². The molecule has 0 aliphatic carbocycles. The van der Waals surface area contributed by atoms with Crippen molar-refractivity contribution in [2.75, 3.05) is 5.32 Å². The maximum atomic E-state index is 12.6.